The smallest absolute Gasteiger partial charge is 0.306 e. The molecule has 0 aliphatic rings. The van der Waals surface area contributed by atoms with Gasteiger partial charge >= 0.3 is 17.9 Å². The van der Waals surface area contributed by atoms with Gasteiger partial charge in [0.15, 0.2) is 6.10 Å². The van der Waals surface area contributed by atoms with E-state index in [1.807, 2.05) is 0 Å². The Kier molecular flexibility index (Phi) is 51.3. The summed E-state index contributed by atoms with van der Waals surface area (Å²) in [5, 5.41) is 0. The molecule has 0 N–H and O–H groups in total. The zero-order valence-electron chi connectivity index (χ0n) is 43.0. The lowest BCUT2D eigenvalue weighted by Crippen LogP contribution is -2.30. The van der Waals surface area contributed by atoms with Gasteiger partial charge in [-0.1, -0.05) is 255 Å². The van der Waals surface area contributed by atoms with Crippen LogP contribution in [0.15, 0.2) is 60.8 Å². The highest BCUT2D eigenvalue weighted by molar-refractivity contribution is 5.71. The summed E-state index contributed by atoms with van der Waals surface area (Å²) in [6.07, 6.45) is 66.3. The van der Waals surface area contributed by atoms with Crippen LogP contribution < -0.4 is 0 Å². The molecule has 0 radical (unpaired) electrons. The highest BCUT2D eigenvalue weighted by Gasteiger charge is 2.19. The van der Waals surface area contributed by atoms with E-state index in [4.69, 9.17) is 14.2 Å². The van der Waals surface area contributed by atoms with Crippen LogP contribution in [0.1, 0.15) is 278 Å². The van der Waals surface area contributed by atoms with E-state index in [9.17, 15) is 14.4 Å². The van der Waals surface area contributed by atoms with Gasteiger partial charge in [-0.15, -0.1) is 0 Å². The topological polar surface area (TPSA) is 78.9 Å². The van der Waals surface area contributed by atoms with E-state index in [2.05, 4.69) is 81.5 Å². The maximum atomic E-state index is 12.8. The van der Waals surface area contributed by atoms with Crippen molar-refractivity contribution < 1.29 is 28.6 Å². The molecule has 6 nitrogen and oxygen atoms in total. The van der Waals surface area contributed by atoms with Crippen LogP contribution in [0.25, 0.3) is 0 Å². The monoisotopic (exact) mass is 909 g/mol. The van der Waals surface area contributed by atoms with E-state index in [0.717, 1.165) is 96.3 Å². The lowest BCUT2D eigenvalue weighted by molar-refractivity contribution is -0.167. The second kappa shape index (κ2) is 53.7. The van der Waals surface area contributed by atoms with E-state index < -0.39 is 6.10 Å². The van der Waals surface area contributed by atoms with Crippen LogP contribution in [0.3, 0.4) is 0 Å². The first-order valence-electron chi connectivity index (χ1n) is 27.8. The van der Waals surface area contributed by atoms with Crippen molar-refractivity contribution in [2.45, 2.75) is 284 Å². The number of rotatable bonds is 50. The molecule has 0 unspecified atom stereocenters. The Morgan fingerprint density at radius 2 is 0.600 bits per heavy atom. The largest absolute Gasteiger partial charge is 0.462 e. The Hall–Kier alpha value is -2.89. The minimum Gasteiger partial charge on any atom is -0.462 e. The summed E-state index contributed by atoms with van der Waals surface area (Å²) < 4.78 is 16.8. The quantitative estimate of drug-likeness (QED) is 0.0262. The van der Waals surface area contributed by atoms with E-state index in [1.54, 1.807) is 0 Å². The van der Waals surface area contributed by atoms with Crippen LogP contribution in [0.5, 0.6) is 0 Å². The van der Waals surface area contributed by atoms with Gasteiger partial charge in [-0.2, -0.15) is 0 Å². The van der Waals surface area contributed by atoms with E-state index in [0.29, 0.717) is 19.3 Å². The average molecular weight is 909 g/mol. The van der Waals surface area contributed by atoms with E-state index >= 15 is 0 Å². The Morgan fingerprint density at radius 3 is 0.938 bits per heavy atom. The molecule has 0 amide bonds. The van der Waals surface area contributed by atoms with Crippen molar-refractivity contribution in [2.75, 3.05) is 13.2 Å². The van der Waals surface area contributed by atoms with Gasteiger partial charge in [0.05, 0.1) is 0 Å². The third-order valence-electron chi connectivity index (χ3n) is 12.0. The summed E-state index contributed by atoms with van der Waals surface area (Å²) in [6.45, 7) is 6.52. The SMILES string of the molecule is CC/C=C/C/C=C/C/C=C/C/C=C/C/C=C/CCCCCC(=O)OC[C@@H](COC(=O)CCCCCCCCCCCCCCC)OC(=O)CCCCCCCCCCCCCCCCC. The minimum atomic E-state index is -0.784. The van der Waals surface area contributed by atoms with Gasteiger partial charge in [0.25, 0.3) is 0 Å². The number of esters is 3. The summed E-state index contributed by atoms with van der Waals surface area (Å²) in [7, 11) is 0. The fourth-order valence-corrected chi connectivity index (χ4v) is 7.88. The number of hydrogen-bond donors (Lipinski definition) is 0. The maximum Gasteiger partial charge on any atom is 0.306 e. The van der Waals surface area contributed by atoms with Gasteiger partial charge in [-0.3, -0.25) is 14.4 Å². The molecule has 1 atom stereocenters. The fourth-order valence-electron chi connectivity index (χ4n) is 7.88. The van der Waals surface area contributed by atoms with Gasteiger partial charge in [0.2, 0.25) is 0 Å². The molecule has 0 fully saturated rings. The van der Waals surface area contributed by atoms with Crippen molar-refractivity contribution in [2.24, 2.45) is 0 Å². The fraction of sp³-hybridized carbons (Fsp3) is 0.780. The van der Waals surface area contributed by atoms with Gasteiger partial charge in [0, 0.05) is 19.3 Å². The van der Waals surface area contributed by atoms with Gasteiger partial charge in [0.1, 0.15) is 13.2 Å². The molecule has 376 valence electrons. The number of carbonyl (C=O) groups is 3. The summed E-state index contributed by atoms with van der Waals surface area (Å²) in [5.74, 6) is -0.902. The summed E-state index contributed by atoms with van der Waals surface area (Å²) >= 11 is 0. The maximum absolute atomic E-state index is 12.8. The first-order valence-corrected chi connectivity index (χ1v) is 27.8. The number of ether oxygens (including phenoxy) is 3. The van der Waals surface area contributed by atoms with Crippen LogP contribution >= 0.6 is 0 Å². The molecule has 65 heavy (non-hydrogen) atoms. The average Bonchev–Trinajstić information content (AvgIpc) is 3.30. The molecule has 0 bridgehead atoms. The van der Waals surface area contributed by atoms with Crippen LogP contribution in [0.2, 0.25) is 0 Å². The van der Waals surface area contributed by atoms with Gasteiger partial charge < -0.3 is 14.2 Å². The number of unbranched alkanes of at least 4 members (excludes halogenated alkanes) is 29. The molecular formula is C59H104O6. The first-order chi connectivity index (χ1) is 32.0. The van der Waals surface area contributed by atoms with Crippen molar-refractivity contribution >= 4 is 17.9 Å². The molecule has 0 rings (SSSR count). The first kappa shape index (κ1) is 62.1. The Labute approximate surface area is 402 Å². The second-order valence-electron chi connectivity index (χ2n) is 18.5. The number of carbonyl (C=O) groups excluding carboxylic acids is 3. The molecule has 0 aromatic rings. The van der Waals surface area contributed by atoms with Crippen LogP contribution in [0.4, 0.5) is 0 Å². The van der Waals surface area contributed by atoms with Gasteiger partial charge in [-0.05, 0) is 64.2 Å². The van der Waals surface area contributed by atoms with Crippen LogP contribution in [0, 0.1) is 0 Å². The third kappa shape index (κ3) is 51.9. The zero-order valence-corrected chi connectivity index (χ0v) is 43.0. The molecule has 0 saturated carbocycles. The molecule has 0 aromatic heterocycles. The Morgan fingerprint density at radius 1 is 0.323 bits per heavy atom. The zero-order chi connectivity index (χ0) is 47.2. The lowest BCUT2D eigenvalue weighted by atomic mass is 10.0. The van der Waals surface area contributed by atoms with Crippen molar-refractivity contribution in [3.8, 4) is 0 Å². The predicted octanol–water partition coefficient (Wildman–Crippen LogP) is 18.4. The molecule has 6 heteroatoms. The summed E-state index contributed by atoms with van der Waals surface area (Å²) in [5.41, 5.74) is 0. The Bertz CT molecular complexity index is 1180. The van der Waals surface area contributed by atoms with E-state index in [-0.39, 0.29) is 31.1 Å². The Balaban J connectivity index is 4.41. The summed E-state index contributed by atoms with van der Waals surface area (Å²) in [4.78, 5) is 38.1. The third-order valence-corrected chi connectivity index (χ3v) is 12.0. The molecule has 0 aromatic carbocycles. The highest BCUT2D eigenvalue weighted by atomic mass is 16.6. The normalized spacial score (nSPS) is 12.5. The van der Waals surface area contributed by atoms with Crippen molar-refractivity contribution in [1.82, 2.24) is 0 Å². The van der Waals surface area contributed by atoms with Crippen LogP contribution in [-0.4, -0.2) is 37.2 Å². The van der Waals surface area contributed by atoms with Crippen LogP contribution in [-0.2, 0) is 28.6 Å². The molecule has 0 aliphatic carbocycles. The molecule has 0 saturated heterocycles. The standard InChI is InChI=1S/C59H104O6/c1-4-7-10-13-16-19-22-25-27-28-29-30-32-34-37-40-43-46-49-52-58(61)64-55-56(54-63-57(60)51-48-45-42-39-36-33-24-21-18-15-12-9-6-3)65-59(62)53-50-47-44-41-38-35-31-26-23-20-17-14-11-8-5-2/h7,10,16,19,25,27,29-30,34,37,56H,4-6,8-9,11-15,17-18,20-24,26,28,31-33,35-36,38-55H2,1-3H3/b10-7+,19-16+,27-25+,30-29+,37-34+/t56-/m1/s1. The van der Waals surface area contributed by atoms with E-state index in [1.165, 1.54) is 141 Å². The van der Waals surface area contributed by atoms with Crippen molar-refractivity contribution in [3.05, 3.63) is 60.8 Å². The summed E-state index contributed by atoms with van der Waals surface area (Å²) in [6, 6.07) is 0. The molecule has 0 aliphatic heterocycles. The van der Waals surface area contributed by atoms with Crippen molar-refractivity contribution in [3.63, 3.8) is 0 Å². The van der Waals surface area contributed by atoms with Crippen molar-refractivity contribution in [1.29, 1.82) is 0 Å². The highest BCUT2D eigenvalue weighted by Crippen LogP contribution is 2.16. The molecule has 0 heterocycles. The second-order valence-corrected chi connectivity index (χ2v) is 18.5. The number of allylic oxidation sites excluding steroid dienone is 10. The lowest BCUT2D eigenvalue weighted by Gasteiger charge is -2.18. The molecule has 0 spiro atoms. The number of hydrogen-bond acceptors (Lipinski definition) is 6. The van der Waals surface area contributed by atoms with Gasteiger partial charge in [-0.25, -0.2) is 0 Å². The molecular weight excluding hydrogens is 805 g/mol. The predicted molar refractivity (Wildman–Crippen MR) is 279 cm³/mol. The minimum absolute atomic E-state index is 0.0809.